The first-order valence-corrected chi connectivity index (χ1v) is 6.06. The normalized spacial score (nSPS) is 27.5. The fourth-order valence-electron chi connectivity index (χ4n) is 2.47. The molecule has 1 saturated heterocycles. The SMILES string of the molecule is CCC(C(=O)NN)N1CC(C(N)=O)CCC1C. The number of nitrogens with two attached hydrogens (primary N) is 2. The number of rotatable bonds is 4. The highest BCUT2D eigenvalue weighted by molar-refractivity contribution is 5.81. The second-order valence-electron chi connectivity index (χ2n) is 4.66. The van der Waals surface area contributed by atoms with Crippen LogP contribution in [0.3, 0.4) is 0 Å². The van der Waals surface area contributed by atoms with Gasteiger partial charge in [0.2, 0.25) is 5.91 Å². The molecule has 1 heterocycles. The van der Waals surface area contributed by atoms with Crippen LogP contribution in [0.5, 0.6) is 0 Å². The Morgan fingerprint density at radius 3 is 2.59 bits per heavy atom. The average Bonchev–Trinajstić information content (AvgIpc) is 2.31. The maximum atomic E-state index is 11.7. The van der Waals surface area contributed by atoms with Gasteiger partial charge in [-0.2, -0.15) is 0 Å². The number of carbonyl (C=O) groups excluding carboxylic acids is 2. The van der Waals surface area contributed by atoms with Crippen LogP contribution < -0.4 is 17.0 Å². The molecule has 0 aromatic rings. The second-order valence-corrected chi connectivity index (χ2v) is 4.66. The monoisotopic (exact) mass is 242 g/mol. The predicted molar refractivity (Wildman–Crippen MR) is 64.5 cm³/mol. The van der Waals surface area contributed by atoms with Gasteiger partial charge in [0, 0.05) is 12.6 Å². The summed E-state index contributed by atoms with van der Waals surface area (Å²) in [5.41, 5.74) is 7.52. The number of nitrogens with zero attached hydrogens (tertiary/aromatic N) is 1. The van der Waals surface area contributed by atoms with Gasteiger partial charge in [0.25, 0.3) is 5.91 Å². The van der Waals surface area contributed by atoms with E-state index in [1.165, 1.54) is 0 Å². The molecule has 1 fully saturated rings. The van der Waals surface area contributed by atoms with Crippen molar-refractivity contribution < 1.29 is 9.59 Å². The lowest BCUT2D eigenvalue weighted by Gasteiger charge is -2.40. The van der Waals surface area contributed by atoms with Crippen LogP contribution in [-0.4, -0.2) is 35.3 Å². The number of carbonyl (C=O) groups is 2. The van der Waals surface area contributed by atoms with Crippen molar-refractivity contribution in [2.75, 3.05) is 6.54 Å². The van der Waals surface area contributed by atoms with E-state index in [1.807, 2.05) is 11.8 Å². The van der Waals surface area contributed by atoms with E-state index in [0.717, 1.165) is 12.8 Å². The lowest BCUT2D eigenvalue weighted by Crippen LogP contribution is -2.56. The maximum absolute atomic E-state index is 11.7. The molecule has 0 aromatic heterocycles. The van der Waals surface area contributed by atoms with Crippen molar-refractivity contribution in [3.63, 3.8) is 0 Å². The van der Waals surface area contributed by atoms with Crippen LogP contribution in [0.15, 0.2) is 0 Å². The van der Waals surface area contributed by atoms with Gasteiger partial charge in [0.05, 0.1) is 12.0 Å². The zero-order chi connectivity index (χ0) is 13.0. The van der Waals surface area contributed by atoms with Crippen molar-refractivity contribution in [1.82, 2.24) is 10.3 Å². The molecule has 0 aromatic carbocycles. The summed E-state index contributed by atoms with van der Waals surface area (Å²) >= 11 is 0. The summed E-state index contributed by atoms with van der Waals surface area (Å²) < 4.78 is 0. The minimum absolute atomic E-state index is 0.161. The minimum Gasteiger partial charge on any atom is -0.369 e. The van der Waals surface area contributed by atoms with Gasteiger partial charge in [-0.25, -0.2) is 5.84 Å². The molecule has 1 rings (SSSR count). The zero-order valence-electron chi connectivity index (χ0n) is 10.5. The Balaban J connectivity index is 2.77. The average molecular weight is 242 g/mol. The van der Waals surface area contributed by atoms with Gasteiger partial charge < -0.3 is 5.73 Å². The first kappa shape index (κ1) is 13.9. The van der Waals surface area contributed by atoms with E-state index in [4.69, 9.17) is 11.6 Å². The van der Waals surface area contributed by atoms with Crippen LogP contribution >= 0.6 is 0 Å². The van der Waals surface area contributed by atoms with Crippen molar-refractivity contribution in [3.8, 4) is 0 Å². The van der Waals surface area contributed by atoms with Crippen LogP contribution in [-0.2, 0) is 9.59 Å². The third-order valence-electron chi connectivity index (χ3n) is 3.56. The largest absolute Gasteiger partial charge is 0.369 e. The highest BCUT2D eigenvalue weighted by atomic mass is 16.2. The quantitative estimate of drug-likeness (QED) is 0.346. The molecule has 0 saturated carbocycles. The third-order valence-corrected chi connectivity index (χ3v) is 3.56. The summed E-state index contributed by atoms with van der Waals surface area (Å²) in [7, 11) is 0. The molecule has 3 atom stereocenters. The van der Waals surface area contributed by atoms with E-state index in [-0.39, 0.29) is 29.8 Å². The standard InChI is InChI=1S/C11H22N4O2/c1-3-9(11(17)14-13)15-6-8(10(12)16)5-4-7(15)2/h7-9H,3-6,13H2,1-2H3,(H2,12,16)(H,14,17). The maximum Gasteiger partial charge on any atom is 0.251 e. The summed E-state index contributed by atoms with van der Waals surface area (Å²) in [6.07, 6.45) is 2.34. The Hall–Kier alpha value is -1.14. The van der Waals surface area contributed by atoms with Gasteiger partial charge in [-0.15, -0.1) is 0 Å². The van der Waals surface area contributed by atoms with Gasteiger partial charge >= 0.3 is 0 Å². The van der Waals surface area contributed by atoms with Gasteiger partial charge in [0.15, 0.2) is 0 Å². The van der Waals surface area contributed by atoms with Crippen LogP contribution in [0.4, 0.5) is 0 Å². The molecular weight excluding hydrogens is 220 g/mol. The number of nitrogens with one attached hydrogen (secondary N) is 1. The Morgan fingerprint density at radius 2 is 2.12 bits per heavy atom. The number of hydrazine groups is 1. The van der Waals surface area contributed by atoms with E-state index in [0.29, 0.717) is 13.0 Å². The van der Waals surface area contributed by atoms with Crippen molar-refractivity contribution in [1.29, 1.82) is 0 Å². The minimum atomic E-state index is -0.287. The van der Waals surface area contributed by atoms with Crippen LogP contribution in [0, 0.1) is 5.92 Å². The van der Waals surface area contributed by atoms with Gasteiger partial charge in [-0.1, -0.05) is 6.92 Å². The highest BCUT2D eigenvalue weighted by Crippen LogP contribution is 2.24. The van der Waals surface area contributed by atoms with Crippen LogP contribution in [0.25, 0.3) is 0 Å². The number of primary amides is 1. The van der Waals surface area contributed by atoms with Crippen LogP contribution in [0.1, 0.15) is 33.1 Å². The Labute approximate surface area is 102 Å². The smallest absolute Gasteiger partial charge is 0.251 e. The lowest BCUT2D eigenvalue weighted by atomic mass is 9.91. The molecule has 2 amide bonds. The van der Waals surface area contributed by atoms with Crippen molar-refractivity contribution in [2.24, 2.45) is 17.5 Å². The summed E-state index contributed by atoms with van der Waals surface area (Å²) in [5.74, 6) is 4.52. The first-order valence-electron chi connectivity index (χ1n) is 6.06. The Bertz CT molecular complexity index is 295. The Morgan fingerprint density at radius 1 is 1.47 bits per heavy atom. The zero-order valence-corrected chi connectivity index (χ0v) is 10.5. The number of amides is 2. The Kier molecular flexibility index (Phi) is 4.89. The predicted octanol–water partition coefficient (Wildman–Crippen LogP) is -0.659. The molecule has 6 nitrogen and oxygen atoms in total. The lowest BCUT2D eigenvalue weighted by molar-refractivity contribution is -0.132. The third kappa shape index (κ3) is 3.17. The topological polar surface area (TPSA) is 101 Å². The summed E-state index contributed by atoms with van der Waals surface area (Å²) in [4.78, 5) is 24.9. The first-order chi connectivity index (χ1) is 8.01. The summed E-state index contributed by atoms with van der Waals surface area (Å²) in [6.45, 7) is 4.53. The van der Waals surface area contributed by atoms with E-state index >= 15 is 0 Å². The number of piperidine rings is 1. The summed E-state index contributed by atoms with van der Waals surface area (Å²) in [5, 5.41) is 0. The molecule has 0 radical (unpaired) electrons. The molecule has 5 N–H and O–H groups in total. The molecule has 0 aliphatic carbocycles. The molecule has 0 bridgehead atoms. The van der Waals surface area contributed by atoms with Crippen molar-refractivity contribution >= 4 is 11.8 Å². The fourth-order valence-corrected chi connectivity index (χ4v) is 2.47. The molecule has 1 aliphatic heterocycles. The second kappa shape index (κ2) is 5.97. The number of hydrogen-bond acceptors (Lipinski definition) is 4. The number of hydrogen-bond donors (Lipinski definition) is 3. The van der Waals surface area contributed by atoms with Gasteiger partial charge in [0.1, 0.15) is 0 Å². The fraction of sp³-hybridized carbons (Fsp3) is 0.818. The van der Waals surface area contributed by atoms with Gasteiger partial charge in [-0.05, 0) is 26.2 Å². The van der Waals surface area contributed by atoms with Crippen molar-refractivity contribution in [2.45, 2.75) is 45.2 Å². The molecular formula is C11H22N4O2. The van der Waals surface area contributed by atoms with Crippen molar-refractivity contribution in [3.05, 3.63) is 0 Å². The number of likely N-dealkylation sites (tertiary alicyclic amines) is 1. The van der Waals surface area contributed by atoms with Gasteiger partial charge in [-0.3, -0.25) is 19.9 Å². The molecule has 1 aliphatic rings. The highest BCUT2D eigenvalue weighted by Gasteiger charge is 2.34. The van der Waals surface area contributed by atoms with Crippen LogP contribution in [0.2, 0.25) is 0 Å². The summed E-state index contributed by atoms with van der Waals surface area (Å²) in [6, 6.07) is -0.00926. The molecule has 98 valence electrons. The van der Waals surface area contributed by atoms with E-state index in [9.17, 15) is 9.59 Å². The van der Waals surface area contributed by atoms with E-state index in [2.05, 4.69) is 12.3 Å². The molecule has 3 unspecified atom stereocenters. The van der Waals surface area contributed by atoms with E-state index < -0.39 is 0 Å². The molecule has 0 spiro atoms. The van der Waals surface area contributed by atoms with E-state index in [1.54, 1.807) is 0 Å². The molecule has 6 heteroatoms. The molecule has 17 heavy (non-hydrogen) atoms.